The molecule has 3 rings (SSSR count). The number of nitrogens with zero attached hydrogens (tertiary/aromatic N) is 3. The van der Waals surface area contributed by atoms with E-state index in [2.05, 4.69) is 10.1 Å². The van der Waals surface area contributed by atoms with E-state index < -0.39 is 0 Å². The Bertz CT molecular complexity index is 672. The van der Waals surface area contributed by atoms with Gasteiger partial charge in [0.1, 0.15) is 0 Å². The first-order valence-electron chi connectivity index (χ1n) is 8.20. The van der Waals surface area contributed by atoms with E-state index in [-0.39, 0.29) is 11.9 Å². The third-order valence-corrected chi connectivity index (χ3v) is 5.26. The van der Waals surface area contributed by atoms with Crippen molar-refractivity contribution >= 4 is 17.7 Å². The zero-order chi connectivity index (χ0) is 16.9. The summed E-state index contributed by atoms with van der Waals surface area (Å²) in [6.45, 7) is 1.64. The molecule has 2 heterocycles. The molecule has 0 saturated carbocycles. The molecule has 0 radical (unpaired) electrons. The Morgan fingerprint density at radius 3 is 2.92 bits per heavy atom. The van der Waals surface area contributed by atoms with Crippen LogP contribution in [-0.2, 0) is 0 Å². The number of hydrogen-bond acceptors (Lipinski definition) is 5. The quantitative estimate of drug-likeness (QED) is 0.853. The van der Waals surface area contributed by atoms with Gasteiger partial charge in [-0.15, -0.1) is 0 Å². The average Bonchev–Trinajstić information content (AvgIpc) is 2.97. The molecular weight excluding hydrogens is 322 g/mol. The van der Waals surface area contributed by atoms with Crippen LogP contribution in [0.5, 0.6) is 0 Å². The molecule has 0 N–H and O–H groups in total. The van der Waals surface area contributed by atoms with Crippen molar-refractivity contribution in [3.8, 4) is 11.3 Å². The van der Waals surface area contributed by atoms with E-state index in [0.29, 0.717) is 11.5 Å². The molecule has 1 amide bonds. The molecule has 1 unspecified atom stereocenters. The third-order valence-electron chi connectivity index (χ3n) is 4.06. The first kappa shape index (κ1) is 17.0. The zero-order valence-corrected chi connectivity index (χ0v) is 15.0. The summed E-state index contributed by atoms with van der Waals surface area (Å²) in [5.41, 5.74) is 1.32. The fourth-order valence-corrected chi connectivity index (χ4v) is 3.99. The Morgan fingerprint density at radius 2 is 2.17 bits per heavy atom. The molecule has 1 atom stereocenters. The fraction of sp³-hybridized carbons (Fsp3) is 0.444. The number of carbonyl (C=O) groups excluding carboxylic acids is 1. The predicted molar refractivity (Wildman–Crippen MR) is 97.3 cm³/mol. The minimum Gasteiger partial charge on any atom is -0.355 e. The average molecular weight is 345 g/mol. The van der Waals surface area contributed by atoms with Gasteiger partial charge >= 0.3 is 0 Å². The fourth-order valence-electron chi connectivity index (χ4n) is 2.93. The first-order valence-corrected chi connectivity index (χ1v) is 9.36. The van der Waals surface area contributed by atoms with Gasteiger partial charge in [0.2, 0.25) is 0 Å². The highest BCUT2D eigenvalue weighted by Crippen LogP contribution is 2.23. The molecule has 1 aromatic carbocycles. The highest BCUT2D eigenvalue weighted by molar-refractivity contribution is 7.99. The van der Waals surface area contributed by atoms with Crippen LogP contribution in [0.25, 0.3) is 11.3 Å². The lowest BCUT2D eigenvalue weighted by molar-refractivity contribution is 0.0665. The lowest BCUT2D eigenvalue weighted by Crippen LogP contribution is -2.46. The lowest BCUT2D eigenvalue weighted by atomic mass is 10.1. The summed E-state index contributed by atoms with van der Waals surface area (Å²) in [7, 11) is 4.09. The number of hydrogen-bond donors (Lipinski definition) is 0. The SMILES string of the molecule is CN(C)CC1CSCCCN1C(=O)c1cc(-c2ccccc2)on1. The molecule has 1 aromatic heterocycles. The van der Waals surface area contributed by atoms with Crippen molar-refractivity contribution in [3.63, 3.8) is 0 Å². The highest BCUT2D eigenvalue weighted by Gasteiger charge is 2.29. The minimum absolute atomic E-state index is 0.0321. The van der Waals surface area contributed by atoms with Crippen LogP contribution in [0.3, 0.4) is 0 Å². The van der Waals surface area contributed by atoms with E-state index in [1.54, 1.807) is 6.07 Å². The summed E-state index contributed by atoms with van der Waals surface area (Å²) in [4.78, 5) is 17.1. The van der Waals surface area contributed by atoms with E-state index in [1.807, 2.05) is 61.1 Å². The Balaban J connectivity index is 1.80. The number of rotatable bonds is 4. The van der Waals surface area contributed by atoms with E-state index in [4.69, 9.17) is 4.52 Å². The van der Waals surface area contributed by atoms with Crippen LogP contribution < -0.4 is 0 Å². The summed E-state index contributed by atoms with van der Waals surface area (Å²) >= 11 is 1.92. The summed E-state index contributed by atoms with van der Waals surface area (Å²) in [6.07, 6.45) is 1.02. The van der Waals surface area contributed by atoms with Gasteiger partial charge in [0, 0.05) is 30.5 Å². The molecule has 1 aliphatic rings. The van der Waals surface area contributed by atoms with Gasteiger partial charge < -0.3 is 14.3 Å². The van der Waals surface area contributed by atoms with E-state index in [0.717, 1.165) is 36.6 Å². The van der Waals surface area contributed by atoms with Crippen LogP contribution in [0.15, 0.2) is 40.9 Å². The van der Waals surface area contributed by atoms with Crippen molar-refractivity contribution in [2.24, 2.45) is 0 Å². The maximum Gasteiger partial charge on any atom is 0.276 e. The number of aromatic nitrogens is 1. The van der Waals surface area contributed by atoms with Crippen LogP contribution in [0.2, 0.25) is 0 Å². The Morgan fingerprint density at radius 1 is 1.38 bits per heavy atom. The van der Waals surface area contributed by atoms with Gasteiger partial charge in [-0.25, -0.2) is 0 Å². The molecule has 0 aliphatic carbocycles. The topological polar surface area (TPSA) is 49.6 Å². The summed E-state index contributed by atoms with van der Waals surface area (Å²) in [5.74, 6) is 2.66. The molecule has 1 fully saturated rings. The minimum atomic E-state index is -0.0321. The van der Waals surface area contributed by atoms with Crippen molar-refractivity contribution in [1.82, 2.24) is 15.0 Å². The molecule has 6 heteroatoms. The maximum atomic E-state index is 13.0. The Hall–Kier alpha value is -1.79. The van der Waals surface area contributed by atoms with Gasteiger partial charge in [0.25, 0.3) is 5.91 Å². The second-order valence-corrected chi connectivity index (χ2v) is 7.44. The Labute approximate surface area is 147 Å². The molecule has 2 aromatic rings. The summed E-state index contributed by atoms with van der Waals surface area (Å²) in [5, 5.41) is 4.03. The van der Waals surface area contributed by atoms with Crippen molar-refractivity contribution in [2.45, 2.75) is 12.5 Å². The van der Waals surface area contributed by atoms with Crippen molar-refractivity contribution in [3.05, 3.63) is 42.1 Å². The van der Waals surface area contributed by atoms with Crippen LogP contribution in [0.4, 0.5) is 0 Å². The molecular formula is C18H23N3O2S. The standard InChI is InChI=1S/C18H23N3O2S/c1-20(2)12-15-13-24-10-6-9-21(15)18(22)16-11-17(23-19-16)14-7-4-3-5-8-14/h3-5,7-8,11,15H,6,9-10,12-13H2,1-2H3. The number of thioether (sulfide) groups is 1. The number of carbonyl (C=O) groups is 1. The van der Waals surface area contributed by atoms with Gasteiger partial charge in [-0.2, -0.15) is 11.8 Å². The second kappa shape index (κ2) is 7.85. The largest absolute Gasteiger partial charge is 0.355 e. The summed E-state index contributed by atoms with van der Waals surface area (Å²) < 4.78 is 5.40. The van der Waals surface area contributed by atoms with Gasteiger partial charge in [-0.05, 0) is 26.3 Å². The van der Waals surface area contributed by atoms with Crippen LogP contribution >= 0.6 is 11.8 Å². The van der Waals surface area contributed by atoms with Crippen molar-refractivity contribution in [2.75, 3.05) is 38.7 Å². The number of amides is 1. The molecule has 1 saturated heterocycles. The van der Waals surface area contributed by atoms with Gasteiger partial charge in [0.15, 0.2) is 11.5 Å². The number of likely N-dealkylation sites (N-methyl/N-ethyl adjacent to an activating group) is 1. The van der Waals surface area contributed by atoms with E-state index in [9.17, 15) is 4.79 Å². The second-order valence-electron chi connectivity index (χ2n) is 6.29. The highest BCUT2D eigenvalue weighted by atomic mass is 32.2. The number of benzene rings is 1. The Kier molecular flexibility index (Phi) is 5.58. The van der Waals surface area contributed by atoms with Gasteiger partial charge in [-0.1, -0.05) is 35.5 Å². The van der Waals surface area contributed by atoms with Gasteiger partial charge in [-0.3, -0.25) is 4.79 Å². The summed E-state index contributed by atoms with van der Waals surface area (Å²) in [6, 6.07) is 11.7. The molecule has 0 bridgehead atoms. The smallest absolute Gasteiger partial charge is 0.276 e. The molecule has 1 aliphatic heterocycles. The molecule has 128 valence electrons. The van der Waals surface area contributed by atoms with Crippen LogP contribution in [0, 0.1) is 0 Å². The first-order chi connectivity index (χ1) is 11.6. The molecule has 5 nitrogen and oxygen atoms in total. The predicted octanol–water partition coefficient (Wildman–Crippen LogP) is 2.85. The third kappa shape index (κ3) is 3.99. The van der Waals surface area contributed by atoms with Crippen LogP contribution in [-0.4, -0.2) is 65.6 Å². The van der Waals surface area contributed by atoms with E-state index >= 15 is 0 Å². The normalized spacial score (nSPS) is 18.6. The molecule has 24 heavy (non-hydrogen) atoms. The van der Waals surface area contributed by atoms with Gasteiger partial charge in [0.05, 0.1) is 6.04 Å². The zero-order valence-electron chi connectivity index (χ0n) is 14.1. The molecule has 0 spiro atoms. The van der Waals surface area contributed by atoms with Crippen molar-refractivity contribution in [1.29, 1.82) is 0 Å². The van der Waals surface area contributed by atoms with Crippen LogP contribution in [0.1, 0.15) is 16.9 Å². The van der Waals surface area contributed by atoms with Crippen molar-refractivity contribution < 1.29 is 9.32 Å². The van der Waals surface area contributed by atoms with E-state index in [1.165, 1.54) is 0 Å². The lowest BCUT2D eigenvalue weighted by Gasteiger charge is -2.31. The monoisotopic (exact) mass is 345 g/mol. The maximum absolute atomic E-state index is 13.0.